The zero-order valence-corrected chi connectivity index (χ0v) is 23.8. The molecule has 0 aromatic heterocycles. The van der Waals surface area contributed by atoms with Gasteiger partial charge in [-0.15, -0.1) is 0 Å². The number of rotatable bonds is 8. The van der Waals surface area contributed by atoms with E-state index >= 15 is 0 Å². The lowest BCUT2D eigenvalue weighted by Crippen LogP contribution is -2.37. The highest BCUT2D eigenvalue weighted by Gasteiger charge is 2.49. The maximum atomic E-state index is 6.10. The zero-order valence-electron chi connectivity index (χ0n) is 23.8. The minimum Gasteiger partial charge on any atom is -0.493 e. The normalized spacial score (nSPS) is 18.1. The molecule has 206 valence electrons. The summed E-state index contributed by atoms with van der Waals surface area (Å²) in [6, 6.07) is 23.9. The third-order valence-corrected chi connectivity index (χ3v) is 8.54. The minimum atomic E-state index is -0.371. The van der Waals surface area contributed by atoms with Gasteiger partial charge in [0.25, 0.3) is 0 Å². The highest BCUT2D eigenvalue weighted by molar-refractivity contribution is 5.72. The molecule has 7 rings (SSSR count). The van der Waals surface area contributed by atoms with Gasteiger partial charge < -0.3 is 28.4 Å². The van der Waals surface area contributed by atoms with E-state index in [1.165, 1.54) is 27.8 Å². The third-order valence-electron chi connectivity index (χ3n) is 8.54. The van der Waals surface area contributed by atoms with Crippen molar-refractivity contribution in [3.63, 3.8) is 0 Å². The van der Waals surface area contributed by atoms with Crippen molar-refractivity contribution in [1.82, 2.24) is 0 Å². The first-order chi connectivity index (χ1) is 19.5. The van der Waals surface area contributed by atoms with Crippen molar-refractivity contribution in [2.24, 2.45) is 0 Å². The summed E-state index contributed by atoms with van der Waals surface area (Å²) in [6.07, 6.45) is 1.47. The smallest absolute Gasteiger partial charge is 0.203 e. The maximum absolute atomic E-state index is 6.10. The predicted octanol–water partition coefficient (Wildman–Crippen LogP) is 6.32. The van der Waals surface area contributed by atoms with Gasteiger partial charge >= 0.3 is 0 Å². The van der Waals surface area contributed by atoms with E-state index in [4.69, 9.17) is 28.4 Å². The van der Waals surface area contributed by atoms with E-state index in [1.54, 1.807) is 42.7 Å². The van der Waals surface area contributed by atoms with E-state index in [1.807, 2.05) is 0 Å². The first kappa shape index (κ1) is 25.9. The van der Waals surface area contributed by atoms with Gasteiger partial charge in [-0.25, -0.2) is 0 Å². The first-order valence-corrected chi connectivity index (χ1v) is 13.3. The van der Waals surface area contributed by atoms with E-state index in [0.29, 0.717) is 28.7 Å². The van der Waals surface area contributed by atoms with Crippen LogP contribution in [0, 0.1) is 0 Å². The van der Waals surface area contributed by atoms with Crippen LogP contribution in [0.5, 0.6) is 34.5 Å². The second kappa shape index (κ2) is 10.0. The lowest BCUT2D eigenvalue weighted by molar-refractivity contribution is 0.321. The van der Waals surface area contributed by atoms with E-state index in [0.717, 1.165) is 29.7 Å². The highest BCUT2D eigenvalue weighted by Crippen LogP contribution is 2.60. The number of ether oxygens (including phenoxy) is 6. The van der Waals surface area contributed by atoms with E-state index in [9.17, 15) is 0 Å². The summed E-state index contributed by atoms with van der Waals surface area (Å²) in [5.41, 5.74) is 8.20. The lowest BCUT2D eigenvalue weighted by atomic mass is 9.61. The van der Waals surface area contributed by atoms with E-state index in [2.05, 4.69) is 66.7 Å². The molecule has 0 radical (unpaired) electrons. The van der Waals surface area contributed by atoms with Crippen molar-refractivity contribution < 1.29 is 28.4 Å². The Morgan fingerprint density at radius 2 is 1.10 bits per heavy atom. The van der Waals surface area contributed by atoms with Gasteiger partial charge in [0.05, 0.1) is 42.7 Å². The summed E-state index contributed by atoms with van der Waals surface area (Å²) in [5, 5.41) is 0. The molecule has 0 saturated heterocycles. The molecular formula is C34H34O6. The largest absolute Gasteiger partial charge is 0.493 e. The molecular weight excluding hydrogens is 504 g/mol. The molecule has 0 atom stereocenters. The van der Waals surface area contributed by atoms with Gasteiger partial charge in [-0.2, -0.15) is 0 Å². The Bertz CT molecular complexity index is 1520. The van der Waals surface area contributed by atoms with Crippen molar-refractivity contribution in [2.45, 2.75) is 24.2 Å². The second-order valence-electron chi connectivity index (χ2n) is 10.3. The minimum absolute atomic E-state index is 0.00674. The van der Waals surface area contributed by atoms with Crippen LogP contribution in [0.2, 0.25) is 0 Å². The summed E-state index contributed by atoms with van der Waals surface area (Å²) in [6.45, 7) is 0. The number of methoxy groups -OCH3 is 6. The van der Waals surface area contributed by atoms with Crippen LogP contribution in [0.25, 0.3) is 0 Å². The summed E-state index contributed by atoms with van der Waals surface area (Å²) < 4.78 is 34.9. The summed E-state index contributed by atoms with van der Waals surface area (Å²) in [7, 11) is 9.98. The van der Waals surface area contributed by atoms with Crippen molar-refractivity contribution in [1.29, 1.82) is 0 Å². The average Bonchev–Trinajstić information content (AvgIpc) is 3.20. The molecule has 6 nitrogen and oxygen atoms in total. The van der Waals surface area contributed by atoms with Crippen LogP contribution in [0.3, 0.4) is 0 Å². The van der Waals surface area contributed by atoms with Crippen molar-refractivity contribution in [3.8, 4) is 34.5 Å². The Morgan fingerprint density at radius 3 is 1.60 bits per heavy atom. The van der Waals surface area contributed by atoms with Gasteiger partial charge in [-0.3, -0.25) is 0 Å². The van der Waals surface area contributed by atoms with Gasteiger partial charge in [-0.05, 0) is 64.4 Å². The molecule has 0 N–H and O–H groups in total. The summed E-state index contributed by atoms with van der Waals surface area (Å²) in [5.74, 6) is 3.86. The molecule has 2 bridgehead atoms. The van der Waals surface area contributed by atoms with Crippen molar-refractivity contribution in [2.75, 3.05) is 42.7 Å². The molecule has 3 aliphatic rings. The quantitative estimate of drug-likeness (QED) is 0.262. The maximum Gasteiger partial charge on any atom is 0.203 e. The molecule has 0 amide bonds. The standard InChI is InChI=1S/C34H34O6/c1-35-26-15-20(16-27(36-2)31(26)38-4)18-34-19-21-17-28(37-3)32(39-5)33(40-6)29(21)30(22-11-7-9-13-24(22)34)23-12-8-10-14-25(23)34/h7-17,30H,18-19H2,1-6H3. The van der Waals surface area contributed by atoms with Crippen LogP contribution < -0.4 is 28.4 Å². The van der Waals surface area contributed by atoms with Gasteiger partial charge in [0.2, 0.25) is 11.5 Å². The van der Waals surface area contributed by atoms with Crippen molar-refractivity contribution >= 4 is 0 Å². The molecule has 3 aliphatic carbocycles. The van der Waals surface area contributed by atoms with Crippen LogP contribution in [0.15, 0.2) is 66.7 Å². The molecule has 0 spiro atoms. The number of hydrogen-bond donors (Lipinski definition) is 0. The first-order valence-electron chi connectivity index (χ1n) is 13.3. The Hall–Kier alpha value is -4.32. The predicted molar refractivity (Wildman–Crippen MR) is 154 cm³/mol. The van der Waals surface area contributed by atoms with Gasteiger partial charge in [0, 0.05) is 16.9 Å². The highest BCUT2D eigenvalue weighted by atomic mass is 16.5. The van der Waals surface area contributed by atoms with Gasteiger partial charge in [0.15, 0.2) is 23.0 Å². The van der Waals surface area contributed by atoms with E-state index in [-0.39, 0.29) is 11.3 Å². The zero-order chi connectivity index (χ0) is 28.0. The van der Waals surface area contributed by atoms with Crippen LogP contribution in [0.4, 0.5) is 0 Å². The third kappa shape index (κ3) is 3.62. The summed E-state index contributed by atoms with van der Waals surface area (Å²) in [4.78, 5) is 0. The van der Waals surface area contributed by atoms with Crippen LogP contribution in [-0.2, 0) is 18.3 Å². The topological polar surface area (TPSA) is 55.4 Å². The lowest BCUT2D eigenvalue weighted by Gasteiger charge is -2.41. The Labute approximate surface area is 235 Å². The van der Waals surface area contributed by atoms with Crippen LogP contribution in [-0.4, -0.2) is 42.7 Å². The Morgan fingerprint density at radius 1 is 0.600 bits per heavy atom. The van der Waals surface area contributed by atoms with Gasteiger partial charge in [0.1, 0.15) is 0 Å². The Kier molecular flexibility index (Phi) is 6.49. The van der Waals surface area contributed by atoms with Crippen LogP contribution >= 0.6 is 0 Å². The fraction of sp³-hybridized carbons (Fsp3) is 0.294. The van der Waals surface area contributed by atoms with Crippen LogP contribution in [0.1, 0.15) is 44.9 Å². The molecule has 6 heteroatoms. The fourth-order valence-corrected chi connectivity index (χ4v) is 7.04. The fourth-order valence-electron chi connectivity index (χ4n) is 7.04. The monoisotopic (exact) mass is 538 g/mol. The second-order valence-corrected chi connectivity index (χ2v) is 10.3. The molecule has 4 aromatic carbocycles. The molecule has 0 unspecified atom stereocenters. The van der Waals surface area contributed by atoms with Crippen molar-refractivity contribution in [3.05, 3.63) is 106 Å². The summed E-state index contributed by atoms with van der Waals surface area (Å²) >= 11 is 0. The van der Waals surface area contributed by atoms with E-state index < -0.39 is 0 Å². The molecule has 0 fully saturated rings. The molecule has 0 heterocycles. The number of benzene rings is 4. The average molecular weight is 539 g/mol. The van der Waals surface area contributed by atoms with Gasteiger partial charge in [-0.1, -0.05) is 48.5 Å². The molecule has 4 aromatic rings. The molecule has 40 heavy (non-hydrogen) atoms. The molecule has 0 aliphatic heterocycles. The SMILES string of the molecule is COc1cc(CC23Cc4cc(OC)c(OC)c(OC)c4C(c4ccccc42)c2ccccc23)cc(OC)c1OC. The number of hydrogen-bond acceptors (Lipinski definition) is 6. The Balaban J connectivity index is 1.68. The molecule has 0 saturated carbocycles.